The average Bonchev–Trinajstić information content (AvgIpc) is 3.69. The number of amides is 3. The van der Waals surface area contributed by atoms with Crippen molar-refractivity contribution in [1.29, 1.82) is 0 Å². The number of rotatable bonds is 11. The van der Waals surface area contributed by atoms with Crippen molar-refractivity contribution >= 4 is 49.2 Å². The summed E-state index contributed by atoms with van der Waals surface area (Å²) in [5.41, 5.74) is -1.18. The largest absolute Gasteiger partial charge is 0.395 e. The maximum atomic E-state index is 13.1. The summed E-state index contributed by atoms with van der Waals surface area (Å²) in [6, 6.07) is -1.40. The number of H-pyrrole nitrogens is 1. The summed E-state index contributed by atoms with van der Waals surface area (Å²) in [5.74, 6) is -2.83. The molecule has 2 unspecified atom stereocenters. The van der Waals surface area contributed by atoms with Gasteiger partial charge in [0.15, 0.2) is 25.4 Å². The molecule has 2 atom stereocenters. The number of carbonyl (C=O) groups excluding carboxylic acids is 3. The zero-order chi connectivity index (χ0) is 31.4. The molecule has 3 aliphatic rings. The van der Waals surface area contributed by atoms with Gasteiger partial charge in [0.05, 0.1) is 59.4 Å². The molecule has 5 N–H and O–H groups in total. The summed E-state index contributed by atoms with van der Waals surface area (Å²) in [6.07, 6.45) is 7.17. The van der Waals surface area contributed by atoms with Gasteiger partial charge in [-0.1, -0.05) is 18.2 Å². The van der Waals surface area contributed by atoms with E-state index in [9.17, 15) is 36.0 Å². The van der Waals surface area contributed by atoms with Gasteiger partial charge in [-0.2, -0.15) is 5.10 Å². The topological polar surface area (TPSA) is 237 Å². The van der Waals surface area contributed by atoms with E-state index in [0.29, 0.717) is 0 Å². The molecule has 234 valence electrons. The molecular weight excluding hydrogens is 608 g/mol. The number of hydrogen-bond acceptors (Lipinski definition) is 11. The molecule has 18 heteroatoms. The lowest BCUT2D eigenvalue weighted by atomic mass is 10.1. The molecule has 43 heavy (non-hydrogen) atoms. The van der Waals surface area contributed by atoms with Gasteiger partial charge in [0.25, 0.3) is 23.3 Å². The number of sulfone groups is 2. The number of carbonyl (C=O) groups is 3. The first-order valence-electron chi connectivity index (χ1n) is 13.4. The zero-order valence-corrected chi connectivity index (χ0v) is 24.6. The number of aromatic amines is 1. The molecule has 3 aliphatic heterocycles. The van der Waals surface area contributed by atoms with Crippen molar-refractivity contribution in [1.82, 2.24) is 25.4 Å². The molecule has 3 amide bonds. The second-order valence-electron chi connectivity index (χ2n) is 10.1. The highest BCUT2D eigenvalue weighted by Crippen LogP contribution is 2.25. The third-order valence-electron chi connectivity index (χ3n) is 6.96. The fourth-order valence-corrected chi connectivity index (χ4v) is 8.27. The van der Waals surface area contributed by atoms with Crippen molar-refractivity contribution in [3.8, 4) is 0 Å². The van der Waals surface area contributed by atoms with Gasteiger partial charge in [0.1, 0.15) is 5.69 Å². The van der Waals surface area contributed by atoms with Crippen molar-refractivity contribution in [2.45, 2.75) is 24.9 Å². The van der Waals surface area contributed by atoms with E-state index in [1.165, 1.54) is 30.4 Å². The Balaban J connectivity index is 1.59. The number of hydrogen-bond donors (Lipinski definition) is 5. The maximum absolute atomic E-state index is 13.1. The maximum Gasteiger partial charge on any atom is 0.276 e. The monoisotopic (exact) mass is 640 g/mol. The van der Waals surface area contributed by atoms with E-state index in [4.69, 9.17) is 10.2 Å². The van der Waals surface area contributed by atoms with Crippen LogP contribution in [0.5, 0.6) is 0 Å². The van der Waals surface area contributed by atoms with Gasteiger partial charge in [0, 0.05) is 13.1 Å². The van der Waals surface area contributed by atoms with Gasteiger partial charge in [-0.25, -0.2) is 26.5 Å². The fourth-order valence-electron chi connectivity index (χ4n) is 4.88. The highest BCUT2D eigenvalue weighted by atomic mass is 32.2. The van der Waals surface area contributed by atoms with Crippen molar-refractivity contribution in [3.63, 3.8) is 0 Å². The van der Waals surface area contributed by atoms with Gasteiger partial charge < -0.3 is 20.8 Å². The van der Waals surface area contributed by atoms with Crippen molar-refractivity contribution in [2.24, 2.45) is 5.10 Å². The van der Waals surface area contributed by atoms with Crippen LogP contribution in [0.15, 0.2) is 39.8 Å². The van der Waals surface area contributed by atoms with Crippen LogP contribution in [0, 0.1) is 0 Å². The van der Waals surface area contributed by atoms with Crippen LogP contribution >= 0.6 is 0 Å². The quantitative estimate of drug-likeness (QED) is 0.123. The second kappa shape index (κ2) is 13.2. The number of nitrogens with one attached hydrogen (secondary N) is 3. The Bertz CT molecular complexity index is 1680. The zero-order valence-electron chi connectivity index (χ0n) is 22.9. The fraction of sp³-hybridized carbons (Fsp3) is 0.480. The molecule has 1 aromatic rings. The average molecular weight is 641 g/mol. The SMILES string of the molecule is O=C(NCCO)C1=NN(C2CCS(=O)(=O)C2)C(=O)\C1=C/C=C/C=C/c1c(C(=O)NCCO)[nH]n(C2CCS(=O)(=O)C2)c1=O. The first-order chi connectivity index (χ1) is 20.4. The lowest BCUT2D eigenvalue weighted by molar-refractivity contribution is -0.127. The summed E-state index contributed by atoms with van der Waals surface area (Å²) in [4.78, 5) is 51.5. The Morgan fingerprint density at radius 1 is 0.907 bits per heavy atom. The molecule has 0 bridgehead atoms. The van der Waals surface area contributed by atoms with Gasteiger partial charge in [-0.15, -0.1) is 0 Å². The Morgan fingerprint density at radius 2 is 1.51 bits per heavy atom. The molecule has 0 saturated carbocycles. The molecular formula is C25H32N6O10S2. The number of hydrazone groups is 1. The van der Waals surface area contributed by atoms with Crippen LogP contribution in [-0.2, 0) is 29.3 Å². The van der Waals surface area contributed by atoms with Crippen LogP contribution < -0.4 is 16.2 Å². The van der Waals surface area contributed by atoms with Crippen LogP contribution in [-0.4, -0.2) is 121 Å². The van der Waals surface area contributed by atoms with E-state index >= 15 is 0 Å². The van der Waals surface area contributed by atoms with Crippen molar-refractivity contribution in [2.75, 3.05) is 49.3 Å². The first-order valence-corrected chi connectivity index (χ1v) is 17.0. The summed E-state index contributed by atoms with van der Waals surface area (Å²) >= 11 is 0. The highest BCUT2D eigenvalue weighted by molar-refractivity contribution is 7.91. The lowest BCUT2D eigenvalue weighted by Crippen LogP contribution is -2.35. The van der Waals surface area contributed by atoms with Crippen molar-refractivity contribution < 1.29 is 41.4 Å². The summed E-state index contributed by atoms with van der Waals surface area (Å²) < 4.78 is 48.9. The summed E-state index contributed by atoms with van der Waals surface area (Å²) in [5, 5.41) is 30.7. The Hall–Kier alpha value is -3.87. The van der Waals surface area contributed by atoms with E-state index in [1.807, 2.05) is 0 Å². The predicted molar refractivity (Wildman–Crippen MR) is 154 cm³/mol. The van der Waals surface area contributed by atoms with E-state index in [1.54, 1.807) is 0 Å². The first kappa shape index (κ1) is 32.1. The smallest absolute Gasteiger partial charge is 0.276 e. The molecule has 0 aromatic carbocycles. The molecule has 4 rings (SSSR count). The second-order valence-corrected chi connectivity index (χ2v) is 14.5. The minimum atomic E-state index is -3.34. The molecule has 0 spiro atoms. The Kier molecular flexibility index (Phi) is 9.83. The van der Waals surface area contributed by atoms with Crippen molar-refractivity contribution in [3.05, 3.63) is 51.5 Å². The van der Waals surface area contributed by atoms with Gasteiger partial charge >= 0.3 is 0 Å². The van der Waals surface area contributed by atoms with Gasteiger partial charge in [0.2, 0.25) is 0 Å². The third kappa shape index (κ3) is 7.38. The van der Waals surface area contributed by atoms with Gasteiger partial charge in [-0.3, -0.25) is 24.3 Å². The van der Waals surface area contributed by atoms with Crippen LogP contribution in [0.4, 0.5) is 0 Å². The predicted octanol–water partition coefficient (Wildman–Crippen LogP) is -2.75. The summed E-state index contributed by atoms with van der Waals surface area (Å²) in [6.45, 7) is -0.853. The van der Waals surface area contributed by atoms with E-state index in [0.717, 1.165) is 9.69 Å². The third-order valence-corrected chi connectivity index (χ3v) is 10.5. The van der Waals surface area contributed by atoms with Crippen LogP contribution in [0.3, 0.4) is 0 Å². The molecule has 0 radical (unpaired) electrons. The number of allylic oxidation sites excluding steroid dienone is 4. The number of aliphatic hydroxyl groups excluding tert-OH is 2. The normalized spacial score (nSPS) is 24.0. The minimum absolute atomic E-state index is 0.0618. The Morgan fingerprint density at radius 3 is 2.09 bits per heavy atom. The number of aliphatic hydroxyl groups is 2. The molecule has 0 aliphatic carbocycles. The number of aromatic nitrogens is 2. The molecule has 16 nitrogen and oxygen atoms in total. The molecule has 4 heterocycles. The molecule has 2 fully saturated rings. The van der Waals surface area contributed by atoms with Crippen LogP contribution in [0.1, 0.15) is 34.9 Å². The van der Waals surface area contributed by atoms with E-state index in [-0.39, 0.29) is 84.7 Å². The highest BCUT2D eigenvalue weighted by Gasteiger charge is 2.42. The standard InChI is InChI=1S/C25H32N6O10S2/c32-10-8-26-22(34)20-18(24(36)30(28-20)16-6-12-42(38,39)14-16)4-2-1-3-5-19-21(23(35)27-9-11-33)29-31(25(19)37)17-7-13-43(40,41)15-17/h1-5,16-17,28,32-33H,6-15H2,(H,26,34)(H,27,35)/b3-1+,4-2+,19-5-. The lowest BCUT2D eigenvalue weighted by Gasteiger charge is -2.17. The summed E-state index contributed by atoms with van der Waals surface area (Å²) in [7, 11) is -6.67. The van der Waals surface area contributed by atoms with Gasteiger partial charge in [-0.05, 0) is 25.0 Å². The Labute approximate surface area is 246 Å². The molecule has 1 aromatic heterocycles. The van der Waals surface area contributed by atoms with Crippen LogP contribution in [0.25, 0.3) is 6.08 Å². The van der Waals surface area contributed by atoms with E-state index < -0.39 is 55.0 Å². The van der Waals surface area contributed by atoms with Crippen LogP contribution in [0.2, 0.25) is 0 Å². The number of nitrogens with zero attached hydrogens (tertiary/aromatic N) is 3. The minimum Gasteiger partial charge on any atom is -0.395 e. The molecule has 2 saturated heterocycles. The van der Waals surface area contributed by atoms with E-state index in [2.05, 4.69) is 20.8 Å².